The van der Waals surface area contributed by atoms with Gasteiger partial charge in [0.2, 0.25) is 0 Å². The van der Waals surface area contributed by atoms with E-state index in [0.717, 1.165) is 25.9 Å². The molecule has 2 aromatic carbocycles. The molecule has 0 atom stereocenters. The van der Waals surface area contributed by atoms with Gasteiger partial charge in [-0.1, -0.05) is 41.4 Å². The van der Waals surface area contributed by atoms with Crippen molar-refractivity contribution in [2.24, 2.45) is 5.92 Å². The third-order valence-corrected chi connectivity index (χ3v) is 5.27. The summed E-state index contributed by atoms with van der Waals surface area (Å²) in [4.78, 5) is 15.0. The lowest BCUT2D eigenvalue weighted by Crippen LogP contribution is -2.36. The van der Waals surface area contributed by atoms with Crippen molar-refractivity contribution in [2.45, 2.75) is 19.8 Å². The van der Waals surface area contributed by atoms with Crippen LogP contribution in [0.4, 0.5) is 5.69 Å². The first-order chi connectivity index (χ1) is 11.1. The van der Waals surface area contributed by atoms with Crippen LogP contribution in [0.3, 0.4) is 0 Å². The van der Waals surface area contributed by atoms with Gasteiger partial charge in [-0.3, -0.25) is 4.79 Å². The number of carbonyl (C=O) groups is 1. The molecule has 23 heavy (non-hydrogen) atoms. The van der Waals surface area contributed by atoms with E-state index in [1.165, 1.54) is 11.3 Å². The minimum absolute atomic E-state index is 0.0625. The van der Waals surface area contributed by atoms with Crippen LogP contribution in [-0.2, 0) is 0 Å². The summed E-state index contributed by atoms with van der Waals surface area (Å²) in [7, 11) is 0. The topological polar surface area (TPSA) is 20.3 Å². The number of hydrogen-bond donors (Lipinski definition) is 0. The highest BCUT2D eigenvalue weighted by atomic mass is 35.5. The first-order valence-electron chi connectivity index (χ1n) is 7.86. The molecule has 1 fully saturated rings. The largest absolute Gasteiger partial charge is 0.371 e. The molecule has 1 aliphatic rings. The van der Waals surface area contributed by atoms with Crippen molar-refractivity contribution in [3.63, 3.8) is 0 Å². The number of nitrogens with zero attached hydrogens (tertiary/aromatic N) is 1. The van der Waals surface area contributed by atoms with E-state index in [9.17, 15) is 4.79 Å². The molecule has 2 nitrogen and oxygen atoms in total. The van der Waals surface area contributed by atoms with Crippen LogP contribution >= 0.6 is 23.2 Å². The van der Waals surface area contributed by atoms with Crippen molar-refractivity contribution in [3.8, 4) is 0 Å². The fourth-order valence-corrected chi connectivity index (χ4v) is 3.48. The maximum atomic E-state index is 12.7. The van der Waals surface area contributed by atoms with E-state index in [2.05, 4.69) is 36.1 Å². The van der Waals surface area contributed by atoms with Crippen LogP contribution in [0, 0.1) is 12.8 Å². The molecule has 3 rings (SSSR count). The molecule has 0 spiro atoms. The number of anilines is 1. The highest BCUT2D eigenvalue weighted by Gasteiger charge is 2.26. The van der Waals surface area contributed by atoms with Gasteiger partial charge in [0.25, 0.3) is 0 Å². The summed E-state index contributed by atoms with van der Waals surface area (Å²) in [6.45, 7) is 3.94. The zero-order valence-electron chi connectivity index (χ0n) is 13.1. The van der Waals surface area contributed by atoms with Crippen molar-refractivity contribution >= 4 is 34.7 Å². The summed E-state index contributed by atoms with van der Waals surface area (Å²) in [5.74, 6) is 0.237. The van der Waals surface area contributed by atoms with E-state index in [0.29, 0.717) is 15.6 Å². The van der Waals surface area contributed by atoms with Gasteiger partial charge in [-0.15, -0.1) is 0 Å². The highest BCUT2D eigenvalue weighted by Crippen LogP contribution is 2.29. The Kier molecular flexibility index (Phi) is 4.93. The number of para-hydroxylation sites is 1. The highest BCUT2D eigenvalue weighted by molar-refractivity contribution is 6.42. The molecular weight excluding hydrogens is 329 g/mol. The van der Waals surface area contributed by atoms with Crippen molar-refractivity contribution in [1.29, 1.82) is 0 Å². The number of piperidine rings is 1. The second-order valence-electron chi connectivity index (χ2n) is 6.04. The van der Waals surface area contributed by atoms with Gasteiger partial charge in [0, 0.05) is 30.3 Å². The van der Waals surface area contributed by atoms with Gasteiger partial charge in [-0.2, -0.15) is 0 Å². The van der Waals surface area contributed by atoms with Crippen LogP contribution in [0.2, 0.25) is 10.0 Å². The van der Waals surface area contributed by atoms with E-state index in [4.69, 9.17) is 23.2 Å². The molecule has 0 aromatic heterocycles. The first-order valence-corrected chi connectivity index (χ1v) is 8.61. The maximum Gasteiger partial charge on any atom is 0.166 e. The average Bonchev–Trinajstić information content (AvgIpc) is 2.57. The van der Waals surface area contributed by atoms with E-state index in [1.807, 2.05) is 0 Å². The third-order valence-electron chi connectivity index (χ3n) is 4.53. The number of carbonyl (C=O) groups excluding carboxylic acids is 1. The fourth-order valence-electron chi connectivity index (χ4n) is 3.19. The van der Waals surface area contributed by atoms with Crippen LogP contribution < -0.4 is 4.90 Å². The smallest absolute Gasteiger partial charge is 0.166 e. The van der Waals surface area contributed by atoms with E-state index in [1.54, 1.807) is 18.2 Å². The lowest BCUT2D eigenvalue weighted by Gasteiger charge is -2.34. The number of ketones is 1. The van der Waals surface area contributed by atoms with Crippen molar-refractivity contribution in [3.05, 3.63) is 63.6 Å². The molecule has 0 bridgehead atoms. The van der Waals surface area contributed by atoms with Crippen molar-refractivity contribution in [1.82, 2.24) is 0 Å². The second-order valence-corrected chi connectivity index (χ2v) is 6.86. The van der Waals surface area contributed by atoms with Crippen LogP contribution in [0.25, 0.3) is 0 Å². The second kappa shape index (κ2) is 6.94. The molecule has 0 amide bonds. The van der Waals surface area contributed by atoms with E-state index < -0.39 is 0 Å². The number of halogens is 2. The van der Waals surface area contributed by atoms with Gasteiger partial charge in [0.15, 0.2) is 5.78 Å². The van der Waals surface area contributed by atoms with Gasteiger partial charge in [0.05, 0.1) is 10.0 Å². The third kappa shape index (κ3) is 3.54. The van der Waals surface area contributed by atoms with Gasteiger partial charge in [-0.25, -0.2) is 0 Å². The lowest BCUT2D eigenvalue weighted by molar-refractivity contribution is 0.0900. The molecule has 1 saturated heterocycles. The molecule has 1 heterocycles. The number of aryl methyl sites for hydroxylation is 1. The summed E-state index contributed by atoms with van der Waals surface area (Å²) >= 11 is 11.9. The summed E-state index contributed by atoms with van der Waals surface area (Å²) in [6, 6.07) is 13.5. The Bertz CT molecular complexity index is 721. The van der Waals surface area contributed by atoms with Gasteiger partial charge in [0.1, 0.15) is 0 Å². The molecule has 0 N–H and O–H groups in total. The molecule has 4 heteroatoms. The minimum Gasteiger partial charge on any atom is -0.371 e. The quantitative estimate of drug-likeness (QED) is 0.692. The normalized spacial score (nSPS) is 15.7. The molecule has 0 unspecified atom stereocenters. The molecule has 0 radical (unpaired) electrons. The Hall–Kier alpha value is -1.51. The van der Waals surface area contributed by atoms with Crippen LogP contribution in [0.15, 0.2) is 42.5 Å². The van der Waals surface area contributed by atoms with Crippen LogP contribution in [0.1, 0.15) is 28.8 Å². The fraction of sp³-hybridized carbons (Fsp3) is 0.316. The van der Waals surface area contributed by atoms with Crippen molar-refractivity contribution in [2.75, 3.05) is 18.0 Å². The molecule has 120 valence electrons. The number of hydrogen-bond acceptors (Lipinski definition) is 2. The predicted octanol–water partition coefficient (Wildman–Crippen LogP) is 5.40. The Balaban J connectivity index is 1.68. The minimum atomic E-state index is 0.0625. The average molecular weight is 348 g/mol. The molecule has 0 aliphatic carbocycles. The zero-order valence-corrected chi connectivity index (χ0v) is 14.6. The Morgan fingerprint density at radius 2 is 1.74 bits per heavy atom. The SMILES string of the molecule is Cc1ccccc1N1CCC(C(=O)c2ccc(Cl)c(Cl)c2)CC1. The Morgan fingerprint density at radius 3 is 2.39 bits per heavy atom. The standard InChI is InChI=1S/C19H19Cl2NO/c1-13-4-2-3-5-18(13)22-10-8-14(9-11-22)19(23)15-6-7-16(20)17(21)12-15/h2-7,12,14H,8-11H2,1H3. The number of Topliss-reactive ketones (excluding diaryl/α,β-unsaturated/α-hetero) is 1. The van der Waals surface area contributed by atoms with E-state index in [-0.39, 0.29) is 11.7 Å². The molecular formula is C19H19Cl2NO. The Labute approximate surface area is 147 Å². The lowest BCUT2D eigenvalue weighted by atomic mass is 9.88. The van der Waals surface area contributed by atoms with E-state index >= 15 is 0 Å². The predicted molar refractivity (Wildman–Crippen MR) is 96.9 cm³/mol. The zero-order chi connectivity index (χ0) is 16.4. The van der Waals surface area contributed by atoms with Crippen molar-refractivity contribution < 1.29 is 4.79 Å². The summed E-state index contributed by atoms with van der Waals surface area (Å²) < 4.78 is 0. The van der Waals surface area contributed by atoms with Crippen LogP contribution in [0.5, 0.6) is 0 Å². The van der Waals surface area contributed by atoms with Crippen LogP contribution in [-0.4, -0.2) is 18.9 Å². The molecule has 0 saturated carbocycles. The van der Waals surface area contributed by atoms with Gasteiger partial charge in [-0.05, 0) is 49.6 Å². The molecule has 2 aromatic rings. The molecule has 1 aliphatic heterocycles. The first kappa shape index (κ1) is 16.4. The maximum absolute atomic E-state index is 12.7. The number of rotatable bonds is 3. The Morgan fingerprint density at radius 1 is 1.04 bits per heavy atom. The van der Waals surface area contributed by atoms with Gasteiger partial charge < -0.3 is 4.90 Å². The van der Waals surface area contributed by atoms with Gasteiger partial charge >= 0.3 is 0 Å². The number of benzene rings is 2. The summed E-state index contributed by atoms with van der Waals surface area (Å²) in [6.07, 6.45) is 1.74. The monoisotopic (exact) mass is 347 g/mol. The summed E-state index contributed by atoms with van der Waals surface area (Å²) in [5, 5.41) is 0.924. The summed E-state index contributed by atoms with van der Waals surface area (Å²) in [5.41, 5.74) is 3.21.